The molecule has 0 saturated carbocycles. The van der Waals surface area contributed by atoms with Crippen molar-refractivity contribution >= 4 is 11.9 Å². The minimum atomic E-state index is -2.02. The van der Waals surface area contributed by atoms with Gasteiger partial charge in [0, 0.05) is 6.61 Å². The van der Waals surface area contributed by atoms with Crippen LogP contribution in [0.15, 0.2) is 0 Å². The number of hydrogen-bond acceptors (Lipinski definition) is 5. The van der Waals surface area contributed by atoms with Gasteiger partial charge in [-0.2, -0.15) is 0 Å². The summed E-state index contributed by atoms with van der Waals surface area (Å²) in [6.07, 6.45) is 1.02. The Morgan fingerprint density at radius 3 is 2.22 bits per heavy atom. The van der Waals surface area contributed by atoms with Crippen LogP contribution in [0.5, 0.6) is 0 Å². The van der Waals surface area contributed by atoms with Crippen LogP contribution in [0, 0.1) is 0 Å². The van der Waals surface area contributed by atoms with E-state index in [9.17, 15) is 9.59 Å². The van der Waals surface area contributed by atoms with Crippen molar-refractivity contribution in [1.82, 2.24) is 0 Å². The largest absolute Gasteiger partial charge is 0.478 e. The Hall–Kier alpha value is -1.14. The molecular formula is C12H23NO5. The van der Waals surface area contributed by atoms with Gasteiger partial charge in [-0.3, -0.25) is 10.5 Å². The van der Waals surface area contributed by atoms with Gasteiger partial charge in [0.15, 0.2) is 0 Å². The summed E-state index contributed by atoms with van der Waals surface area (Å²) in [6, 6.07) is 0. The van der Waals surface area contributed by atoms with Gasteiger partial charge in [-0.25, -0.2) is 4.79 Å². The van der Waals surface area contributed by atoms with Crippen molar-refractivity contribution in [2.45, 2.75) is 58.3 Å². The summed E-state index contributed by atoms with van der Waals surface area (Å²) in [5, 5.41) is 9.02. The number of carbonyl (C=O) groups excluding carboxylic acids is 1. The Balaban J connectivity index is 4.51. The molecule has 0 aliphatic carbocycles. The Bertz CT molecular complexity index is 297. The minimum absolute atomic E-state index is 0.197. The van der Waals surface area contributed by atoms with Crippen LogP contribution >= 0.6 is 0 Å². The van der Waals surface area contributed by atoms with Gasteiger partial charge in [0.2, 0.25) is 5.72 Å². The summed E-state index contributed by atoms with van der Waals surface area (Å²) in [4.78, 5) is 22.6. The molecule has 3 N–H and O–H groups in total. The Kier molecular flexibility index (Phi) is 6.28. The second kappa shape index (κ2) is 6.70. The fourth-order valence-electron chi connectivity index (χ4n) is 1.18. The second-order valence-electron chi connectivity index (χ2n) is 5.16. The van der Waals surface area contributed by atoms with Gasteiger partial charge in [0.1, 0.15) is 5.60 Å². The van der Waals surface area contributed by atoms with Gasteiger partial charge in [0.05, 0.1) is 6.42 Å². The predicted octanol–water partition coefficient (Wildman–Crippen LogP) is 1.27. The zero-order valence-electron chi connectivity index (χ0n) is 11.5. The van der Waals surface area contributed by atoms with Crippen molar-refractivity contribution in [3.05, 3.63) is 0 Å². The molecule has 0 aliphatic rings. The highest BCUT2D eigenvalue weighted by Gasteiger charge is 2.39. The smallest absolute Gasteiger partial charge is 0.351 e. The van der Waals surface area contributed by atoms with Crippen LogP contribution in [0.4, 0.5) is 0 Å². The first kappa shape index (κ1) is 16.9. The highest BCUT2D eigenvalue weighted by atomic mass is 16.6. The van der Waals surface area contributed by atoms with E-state index in [0.29, 0.717) is 6.42 Å². The van der Waals surface area contributed by atoms with Gasteiger partial charge < -0.3 is 14.6 Å². The highest BCUT2D eigenvalue weighted by Crippen LogP contribution is 2.15. The van der Waals surface area contributed by atoms with Crippen molar-refractivity contribution in [3.8, 4) is 0 Å². The van der Waals surface area contributed by atoms with Crippen molar-refractivity contribution in [1.29, 1.82) is 0 Å². The van der Waals surface area contributed by atoms with E-state index < -0.39 is 29.7 Å². The van der Waals surface area contributed by atoms with E-state index in [1.54, 1.807) is 20.8 Å². The lowest BCUT2D eigenvalue weighted by molar-refractivity contribution is -0.178. The SMILES string of the molecule is CCCCO[C@](N)(CC(=O)OC(C)(C)C)C(=O)O. The predicted molar refractivity (Wildman–Crippen MR) is 65.9 cm³/mol. The molecule has 0 aromatic carbocycles. The molecular weight excluding hydrogens is 238 g/mol. The summed E-state index contributed by atoms with van der Waals surface area (Å²) < 4.78 is 10.1. The monoisotopic (exact) mass is 261 g/mol. The summed E-state index contributed by atoms with van der Waals surface area (Å²) in [5.74, 6) is -2.06. The third-order valence-electron chi connectivity index (χ3n) is 2.05. The molecule has 0 spiro atoms. The number of carboxylic acids is 1. The molecule has 0 radical (unpaired) electrons. The van der Waals surface area contributed by atoms with Gasteiger partial charge in [-0.15, -0.1) is 0 Å². The van der Waals surface area contributed by atoms with Crippen LogP contribution in [-0.4, -0.2) is 35.0 Å². The first-order valence-electron chi connectivity index (χ1n) is 5.99. The molecule has 1 atom stereocenters. The first-order valence-corrected chi connectivity index (χ1v) is 5.99. The van der Waals surface area contributed by atoms with Gasteiger partial charge >= 0.3 is 11.9 Å². The molecule has 6 heteroatoms. The normalized spacial score (nSPS) is 14.9. The van der Waals surface area contributed by atoms with Crippen molar-refractivity contribution in [3.63, 3.8) is 0 Å². The lowest BCUT2D eigenvalue weighted by Crippen LogP contribution is -2.52. The lowest BCUT2D eigenvalue weighted by atomic mass is 10.1. The molecule has 0 saturated heterocycles. The zero-order valence-corrected chi connectivity index (χ0v) is 11.5. The Morgan fingerprint density at radius 1 is 1.28 bits per heavy atom. The topological polar surface area (TPSA) is 98.9 Å². The molecule has 0 fully saturated rings. The minimum Gasteiger partial charge on any atom is -0.478 e. The first-order chi connectivity index (χ1) is 8.10. The lowest BCUT2D eigenvalue weighted by Gasteiger charge is -2.26. The van der Waals surface area contributed by atoms with Crippen LogP contribution in [-0.2, 0) is 19.1 Å². The van der Waals surface area contributed by atoms with Crippen LogP contribution < -0.4 is 5.73 Å². The number of aliphatic carboxylic acids is 1. The third-order valence-corrected chi connectivity index (χ3v) is 2.05. The van der Waals surface area contributed by atoms with E-state index in [-0.39, 0.29) is 6.61 Å². The molecule has 0 bridgehead atoms. The number of rotatable bonds is 7. The maximum atomic E-state index is 11.6. The third kappa shape index (κ3) is 6.56. The average molecular weight is 261 g/mol. The van der Waals surface area contributed by atoms with Crippen molar-refractivity contribution in [2.24, 2.45) is 5.73 Å². The maximum absolute atomic E-state index is 11.6. The number of carboxylic acid groups (broad SMARTS) is 1. The van der Waals surface area contributed by atoms with E-state index in [0.717, 1.165) is 6.42 Å². The summed E-state index contributed by atoms with van der Waals surface area (Å²) in [6.45, 7) is 7.23. The Labute approximate surface area is 107 Å². The summed E-state index contributed by atoms with van der Waals surface area (Å²) >= 11 is 0. The fraction of sp³-hybridized carbons (Fsp3) is 0.833. The maximum Gasteiger partial charge on any atom is 0.351 e. The number of carbonyl (C=O) groups is 2. The number of esters is 1. The number of unbranched alkanes of at least 4 members (excludes halogenated alkanes) is 1. The molecule has 0 unspecified atom stereocenters. The zero-order chi connectivity index (χ0) is 14.4. The molecule has 0 aromatic heterocycles. The Morgan fingerprint density at radius 2 is 1.83 bits per heavy atom. The molecule has 0 amide bonds. The number of ether oxygens (including phenoxy) is 2. The van der Waals surface area contributed by atoms with Gasteiger partial charge in [0.25, 0.3) is 0 Å². The van der Waals surface area contributed by atoms with Crippen molar-refractivity contribution < 1.29 is 24.2 Å². The second-order valence-corrected chi connectivity index (χ2v) is 5.16. The average Bonchev–Trinajstić information content (AvgIpc) is 2.14. The summed E-state index contributed by atoms with van der Waals surface area (Å²) in [5.41, 5.74) is 2.88. The molecule has 0 aromatic rings. The highest BCUT2D eigenvalue weighted by molar-refractivity contribution is 5.84. The van der Waals surface area contributed by atoms with E-state index in [1.807, 2.05) is 6.92 Å². The van der Waals surface area contributed by atoms with E-state index in [1.165, 1.54) is 0 Å². The molecule has 0 aliphatic heterocycles. The van der Waals surface area contributed by atoms with E-state index in [2.05, 4.69) is 0 Å². The molecule has 106 valence electrons. The van der Waals surface area contributed by atoms with Crippen LogP contribution in [0.1, 0.15) is 47.0 Å². The van der Waals surface area contributed by atoms with Crippen LogP contribution in [0.25, 0.3) is 0 Å². The molecule has 0 heterocycles. The number of hydrogen-bond donors (Lipinski definition) is 2. The van der Waals surface area contributed by atoms with E-state index in [4.69, 9.17) is 20.3 Å². The molecule has 6 nitrogen and oxygen atoms in total. The standard InChI is InChI=1S/C12H23NO5/c1-5-6-7-17-12(13,10(15)16)8-9(14)18-11(2,3)4/h5-8,13H2,1-4H3,(H,15,16)/t12-/m1/s1. The molecule has 18 heavy (non-hydrogen) atoms. The van der Waals surface area contributed by atoms with Gasteiger partial charge in [-0.05, 0) is 27.2 Å². The molecule has 0 rings (SSSR count). The van der Waals surface area contributed by atoms with E-state index >= 15 is 0 Å². The number of nitrogens with two attached hydrogens (primary N) is 1. The van der Waals surface area contributed by atoms with Crippen LogP contribution in [0.2, 0.25) is 0 Å². The fourth-order valence-corrected chi connectivity index (χ4v) is 1.18. The summed E-state index contributed by atoms with van der Waals surface area (Å²) in [7, 11) is 0. The van der Waals surface area contributed by atoms with Crippen LogP contribution in [0.3, 0.4) is 0 Å². The quantitative estimate of drug-likeness (QED) is 0.407. The van der Waals surface area contributed by atoms with Gasteiger partial charge in [-0.1, -0.05) is 13.3 Å². The van der Waals surface area contributed by atoms with Crippen molar-refractivity contribution in [2.75, 3.05) is 6.61 Å².